The van der Waals surface area contributed by atoms with E-state index in [0.29, 0.717) is 11.1 Å². The summed E-state index contributed by atoms with van der Waals surface area (Å²) in [6.07, 6.45) is 1.83. The number of carbonyl (C=O) groups is 3. The molecular weight excluding hydrogens is 354 g/mol. The van der Waals surface area contributed by atoms with Crippen molar-refractivity contribution in [2.45, 2.75) is 38.8 Å². The van der Waals surface area contributed by atoms with Gasteiger partial charge in [0.1, 0.15) is 6.04 Å². The molecule has 1 aliphatic heterocycles. The van der Waals surface area contributed by atoms with Crippen LogP contribution in [0.25, 0.3) is 0 Å². The van der Waals surface area contributed by atoms with E-state index in [0.717, 1.165) is 29.7 Å². The van der Waals surface area contributed by atoms with E-state index in [4.69, 9.17) is 0 Å². The predicted octanol–water partition coefficient (Wildman–Crippen LogP) is 2.72. The molecule has 2 aromatic rings. The van der Waals surface area contributed by atoms with Crippen LogP contribution in [0, 0.1) is 13.8 Å². The Kier molecular flexibility index (Phi) is 4.63. The first kappa shape index (κ1) is 18.2. The third kappa shape index (κ3) is 3.38. The maximum Gasteiger partial charge on any atom is 0.255 e. The SMILES string of the molecule is Cc1ccc(NC(=O)CNC(=O)C2c3ccccc3C(=O)N2C2CC2)c(C)c1. The number of benzene rings is 2. The summed E-state index contributed by atoms with van der Waals surface area (Å²) in [6.45, 7) is 3.78. The van der Waals surface area contributed by atoms with Crippen LogP contribution in [0.2, 0.25) is 0 Å². The van der Waals surface area contributed by atoms with Gasteiger partial charge in [0.15, 0.2) is 0 Å². The van der Waals surface area contributed by atoms with Crippen molar-refractivity contribution >= 4 is 23.4 Å². The van der Waals surface area contributed by atoms with E-state index in [9.17, 15) is 14.4 Å². The van der Waals surface area contributed by atoms with Gasteiger partial charge in [0.05, 0.1) is 6.54 Å². The Morgan fingerprint density at radius 1 is 1.11 bits per heavy atom. The number of amides is 3. The molecule has 0 aromatic heterocycles. The van der Waals surface area contributed by atoms with Crippen LogP contribution in [0.4, 0.5) is 5.69 Å². The Morgan fingerprint density at radius 2 is 1.86 bits per heavy atom. The van der Waals surface area contributed by atoms with Gasteiger partial charge < -0.3 is 15.5 Å². The van der Waals surface area contributed by atoms with Crippen LogP contribution in [0.15, 0.2) is 42.5 Å². The summed E-state index contributed by atoms with van der Waals surface area (Å²) in [5.74, 6) is -0.713. The summed E-state index contributed by atoms with van der Waals surface area (Å²) in [5.41, 5.74) is 4.11. The van der Waals surface area contributed by atoms with Crippen molar-refractivity contribution in [3.63, 3.8) is 0 Å². The van der Waals surface area contributed by atoms with Gasteiger partial charge in [-0.1, -0.05) is 35.9 Å². The molecule has 1 heterocycles. The number of hydrogen-bond acceptors (Lipinski definition) is 3. The summed E-state index contributed by atoms with van der Waals surface area (Å²) in [6, 6.07) is 12.4. The van der Waals surface area contributed by atoms with Crippen molar-refractivity contribution in [2.75, 3.05) is 11.9 Å². The van der Waals surface area contributed by atoms with Crippen LogP contribution in [-0.4, -0.2) is 35.2 Å². The van der Waals surface area contributed by atoms with E-state index in [2.05, 4.69) is 10.6 Å². The van der Waals surface area contributed by atoms with Crippen molar-refractivity contribution in [1.29, 1.82) is 0 Å². The molecule has 1 saturated carbocycles. The molecule has 6 heteroatoms. The van der Waals surface area contributed by atoms with Crippen LogP contribution in [-0.2, 0) is 9.59 Å². The van der Waals surface area contributed by atoms with Gasteiger partial charge in [-0.05, 0) is 49.9 Å². The summed E-state index contributed by atoms with van der Waals surface area (Å²) in [5, 5.41) is 5.53. The van der Waals surface area contributed by atoms with E-state index >= 15 is 0 Å². The van der Waals surface area contributed by atoms with Crippen molar-refractivity contribution in [2.24, 2.45) is 0 Å². The zero-order chi connectivity index (χ0) is 19.8. The maximum atomic E-state index is 12.9. The highest BCUT2D eigenvalue weighted by atomic mass is 16.2. The third-order valence-corrected chi connectivity index (χ3v) is 5.27. The zero-order valence-corrected chi connectivity index (χ0v) is 16.0. The highest BCUT2D eigenvalue weighted by Crippen LogP contribution is 2.41. The lowest BCUT2D eigenvalue weighted by Crippen LogP contribution is -2.42. The highest BCUT2D eigenvalue weighted by Gasteiger charge is 2.47. The van der Waals surface area contributed by atoms with Crippen LogP contribution in [0.5, 0.6) is 0 Å². The fourth-order valence-corrected chi connectivity index (χ4v) is 3.75. The summed E-state index contributed by atoms with van der Waals surface area (Å²) in [7, 11) is 0. The average molecular weight is 377 g/mol. The molecule has 4 rings (SSSR count). The molecule has 3 amide bonds. The molecule has 0 radical (unpaired) electrons. The highest BCUT2D eigenvalue weighted by molar-refractivity contribution is 6.05. The van der Waals surface area contributed by atoms with Gasteiger partial charge in [0, 0.05) is 17.3 Å². The minimum absolute atomic E-state index is 0.0991. The number of aryl methyl sites for hydroxylation is 2. The number of hydrogen-bond donors (Lipinski definition) is 2. The molecule has 0 spiro atoms. The Hall–Kier alpha value is -3.15. The molecule has 6 nitrogen and oxygen atoms in total. The molecule has 1 atom stereocenters. The van der Waals surface area contributed by atoms with Crippen LogP contribution in [0.3, 0.4) is 0 Å². The maximum absolute atomic E-state index is 12.9. The number of nitrogens with zero attached hydrogens (tertiary/aromatic N) is 1. The minimum Gasteiger partial charge on any atom is -0.345 e. The van der Waals surface area contributed by atoms with Crippen LogP contribution in [0.1, 0.15) is 45.9 Å². The predicted molar refractivity (Wildman–Crippen MR) is 106 cm³/mol. The molecule has 144 valence electrons. The standard InChI is InChI=1S/C22H23N3O3/c1-13-7-10-18(14(2)11-13)24-19(26)12-23-21(27)20-16-5-3-4-6-17(16)22(28)25(20)15-8-9-15/h3-7,10-11,15,20H,8-9,12H2,1-2H3,(H,23,27)(H,24,26). The normalized spacial score (nSPS) is 18.0. The second kappa shape index (κ2) is 7.11. The van der Waals surface area contributed by atoms with E-state index in [1.165, 1.54) is 0 Å². The van der Waals surface area contributed by atoms with E-state index < -0.39 is 6.04 Å². The first-order valence-corrected chi connectivity index (χ1v) is 9.52. The molecule has 2 N–H and O–H groups in total. The topological polar surface area (TPSA) is 78.5 Å². The zero-order valence-electron chi connectivity index (χ0n) is 16.0. The average Bonchev–Trinajstić information content (AvgIpc) is 3.46. The molecule has 1 fully saturated rings. The lowest BCUT2D eigenvalue weighted by atomic mass is 10.0. The summed E-state index contributed by atoms with van der Waals surface area (Å²) >= 11 is 0. The molecule has 28 heavy (non-hydrogen) atoms. The number of carbonyl (C=O) groups excluding carboxylic acids is 3. The van der Waals surface area contributed by atoms with Crippen LogP contribution >= 0.6 is 0 Å². The summed E-state index contributed by atoms with van der Waals surface area (Å²) in [4.78, 5) is 39.6. The first-order valence-electron chi connectivity index (χ1n) is 9.52. The van der Waals surface area contributed by atoms with Crippen molar-refractivity contribution in [1.82, 2.24) is 10.2 Å². The Balaban J connectivity index is 1.44. The quantitative estimate of drug-likeness (QED) is 0.841. The largest absolute Gasteiger partial charge is 0.345 e. The fourth-order valence-electron chi connectivity index (χ4n) is 3.75. The van der Waals surface area contributed by atoms with Crippen molar-refractivity contribution in [3.8, 4) is 0 Å². The fraction of sp³-hybridized carbons (Fsp3) is 0.318. The second-order valence-corrected chi connectivity index (χ2v) is 7.52. The molecule has 1 unspecified atom stereocenters. The van der Waals surface area contributed by atoms with Gasteiger partial charge in [-0.25, -0.2) is 0 Å². The number of anilines is 1. The van der Waals surface area contributed by atoms with E-state index in [-0.39, 0.29) is 30.3 Å². The number of nitrogens with one attached hydrogen (secondary N) is 2. The Bertz CT molecular complexity index is 965. The lowest BCUT2D eigenvalue weighted by Gasteiger charge is -2.24. The van der Waals surface area contributed by atoms with Gasteiger partial charge >= 0.3 is 0 Å². The second-order valence-electron chi connectivity index (χ2n) is 7.52. The summed E-state index contributed by atoms with van der Waals surface area (Å²) < 4.78 is 0. The molecular formula is C22H23N3O3. The van der Waals surface area contributed by atoms with E-state index in [1.54, 1.807) is 17.0 Å². The Labute approximate surface area is 163 Å². The number of rotatable bonds is 5. The van der Waals surface area contributed by atoms with Crippen molar-refractivity contribution in [3.05, 3.63) is 64.7 Å². The molecule has 0 bridgehead atoms. The van der Waals surface area contributed by atoms with Gasteiger partial charge in [-0.2, -0.15) is 0 Å². The lowest BCUT2D eigenvalue weighted by molar-refractivity contribution is -0.127. The van der Waals surface area contributed by atoms with Gasteiger partial charge in [0.25, 0.3) is 5.91 Å². The molecule has 1 aliphatic carbocycles. The molecule has 2 aromatic carbocycles. The molecule has 0 saturated heterocycles. The monoisotopic (exact) mass is 377 g/mol. The van der Waals surface area contributed by atoms with Gasteiger partial charge in [-0.15, -0.1) is 0 Å². The third-order valence-electron chi connectivity index (χ3n) is 5.27. The first-order chi connectivity index (χ1) is 13.5. The molecule has 2 aliphatic rings. The van der Waals surface area contributed by atoms with E-state index in [1.807, 2.05) is 44.2 Å². The number of fused-ring (bicyclic) bond motifs is 1. The van der Waals surface area contributed by atoms with Crippen LogP contribution < -0.4 is 10.6 Å². The Morgan fingerprint density at radius 3 is 2.57 bits per heavy atom. The van der Waals surface area contributed by atoms with Gasteiger partial charge in [0.2, 0.25) is 11.8 Å². The smallest absolute Gasteiger partial charge is 0.255 e. The van der Waals surface area contributed by atoms with Crippen molar-refractivity contribution < 1.29 is 14.4 Å². The van der Waals surface area contributed by atoms with Gasteiger partial charge in [-0.3, -0.25) is 14.4 Å². The minimum atomic E-state index is -0.662.